The van der Waals surface area contributed by atoms with Crippen molar-refractivity contribution in [2.24, 2.45) is 0 Å². The molecule has 11 aromatic rings. The summed E-state index contributed by atoms with van der Waals surface area (Å²) in [5.41, 5.74) is 10.6. The molecule has 4 heterocycles. The van der Waals surface area contributed by atoms with Gasteiger partial charge in [0.05, 0.1) is 22.1 Å². The van der Waals surface area contributed by atoms with Crippen molar-refractivity contribution in [2.75, 3.05) is 0 Å². The number of aromatic nitrogens is 3. The fourth-order valence-electron chi connectivity index (χ4n) is 8.06. The standard InChI is InChI=1S/C47H29N3S/c1-2-11-33(12-3-1)49-41-18-7-4-13-35(41)39-27-30(21-24-43(39)49)32-23-26-46(48-29-32)50-42-19-8-5-14-36(42)40-28-31(22-25-44(40)50)34-16-10-17-38-37-15-6-9-20-45(37)51-47(34)38/h1-29H. The molecule has 0 saturated carbocycles. The minimum absolute atomic E-state index is 0.908. The van der Waals surface area contributed by atoms with Crippen LogP contribution >= 0.6 is 11.3 Å². The van der Waals surface area contributed by atoms with Crippen LogP contribution in [0.4, 0.5) is 0 Å². The molecule has 238 valence electrons. The Kier molecular flexibility index (Phi) is 6.12. The lowest BCUT2D eigenvalue weighted by molar-refractivity contribution is 1.08. The predicted octanol–water partition coefficient (Wildman–Crippen LogP) is 13.0. The molecule has 11 rings (SSSR count). The molecular formula is C47H29N3S. The van der Waals surface area contributed by atoms with Crippen LogP contribution in [-0.2, 0) is 0 Å². The van der Waals surface area contributed by atoms with Crippen LogP contribution in [0.3, 0.4) is 0 Å². The zero-order valence-electron chi connectivity index (χ0n) is 27.5. The molecule has 3 nitrogen and oxygen atoms in total. The summed E-state index contributed by atoms with van der Waals surface area (Å²) in [4.78, 5) is 5.10. The summed E-state index contributed by atoms with van der Waals surface area (Å²) in [6.07, 6.45) is 2.02. The van der Waals surface area contributed by atoms with Gasteiger partial charge in [0.1, 0.15) is 5.82 Å². The molecule has 0 amide bonds. The van der Waals surface area contributed by atoms with Crippen molar-refractivity contribution in [1.82, 2.24) is 14.1 Å². The monoisotopic (exact) mass is 667 g/mol. The third-order valence-corrected chi connectivity index (χ3v) is 11.6. The third kappa shape index (κ3) is 4.27. The molecule has 0 aliphatic rings. The number of thiophene rings is 1. The molecule has 51 heavy (non-hydrogen) atoms. The zero-order valence-corrected chi connectivity index (χ0v) is 28.3. The Bertz CT molecular complexity index is 3130. The number of para-hydroxylation sites is 3. The van der Waals surface area contributed by atoms with E-state index in [1.807, 2.05) is 17.5 Å². The van der Waals surface area contributed by atoms with Crippen LogP contribution in [0.2, 0.25) is 0 Å². The van der Waals surface area contributed by atoms with E-state index in [1.165, 1.54) is 63.9 Å². The Morgan fingerprint density at radius 1 is 0.392 bits per heavy atom. The number of pyridine rings is 1. The Morgan fingerprint density at radius 2 is 0.980 bits per heavy atom. The molecule has 0 atom stereocenters. The van der Waals surface area contributed by atoms with E-state index >= 15 is 0 Å². The summed E-state index contributed by atoms with van der Waals surface area (Å²) in [7, 11) is 0. The molecule has 0 aliphatic heterocycles. The van der Waals surface area contributed by atoms with Crippen molar-refractivity contribution in [1.29, 1.82) is 0 Å². The van der Waals surface area contributed by atoms with Crippen molar-refractivity contribution < 1.29 is 0 Å². The van der Waals surface area contributed by atoms with E-state index in [0.29, 0.717) is 0 Å². The first-order chi connectivity index (χ1) is 25.3. The van der Waals surface area contributed by atoms with Gasteiger partial charge in [0.15, 0.2) is 0 Å². The fourth-order valence-corrected chi connectivity index (χ4v) is 9.30. The van der Waals surface area contributed by atoms with Gasteiger partial charge in [0.25, 0.3) is 0 Å². The Labute approximate surface area is 297 Å². The van der Waals surface area contributed by atoms with Gasteiger partial charge in [0, 0.05) is 59.2 Å². The molecule has 0 unspecified atom stereocenters. The van der Waals surface area contributed by atoms with E-state index in [4.69, 9.17) is 4.98 Å². The van der Waals surface area contributed by atoms with Gasteiger partial charge >= 0.3 is 0 Å². The first-order valence-electron chi connectivity index (χ1n) is 17.3. The smallest absolute Gasteiger partial charge is 0.137 e. The summed E-state index contributed by atoms with van der Waals surface area (Å²) in [6.45, 7) is 0. The summed E-state index contributed by atoms with van der Waals surface area (Å²) >= 11 is 1.88. The average molecular weight is 668 g/mol. The summed E-state index contributed by atoms with van der Waals surface area (Å²) in [5.74, 6) is 0.908. The molecule has 4 aromatic heterocycles. The summed E-state index contributed by atoms with van der Waals surface area (Å²) in [5, 5.41) is 7.58. The van der Waals surface area contributed by atoms with Gasteiger partial charge in [-0.3, -0.25) is 4.57 Å². The van der Waals surface area contributed by atoms with Crippen LogP contribution < -0.4 is 0 Å². The van der Waals surface area contributed by atoms with Crippen LogP contribution in [0, 0.1) is 0 Å². The fraction of sp³-hybridized carbons (Fsp3) is 0. The maximum Gasteiger partial charge on any atom is 0.137 e. The average Bonchev–Trinajstić information content (AvgIpc) is 3.86. The number of hydrogen-bond acceptors (Lipinski definition) is 2. The van der Waals surface area contributed by atoms with Crippen molar-refractivity contribution >= 4 is 75.1 Å². The number of rotatable bonds is 4. The van der Waals surface area contributed by atoms with E-state index in [2.05, 4.69) is 179 Å². The van der Waals surface area contributed by atoms with Crippen LogP contribution in [0.1, 0.15) is 0 Å². The summed E-state index contributed by atoms with van der Waals surface area (Å²) in [6, 6.07) is 61.4. The third-order valence-electron chi connectivity index (χ3n) is 10.4. The van der Waals surface area contributed by atoms with Crippen LogP contribution in [-0.4, -0.2) is 14.1 Å². The second-order valence-electron chi connectivity index (χ2n) is 13.2. The highest BCUT2D eigenvalue weighted by Gasteiger charge is 2.17. The van der Waals surface area contributed by atoms with Gasteiger partial charge in [-0.15, -0.1) is 11.3 Å². The lowest BCUT2D eigenvalue weighted by Gasteiger charge is -2.10. The number of benzene rings is 7. The second kappa shape index (κ2) is 11.0. The number of hydrogen-bond donors (Lipinski definition) is 0. The van der Waals surface area contributed by atoms with Gasteiger partial charge < -0.3 is 4.57 Å². The van der Waals surface area contributed by atoms with E-state index in [0.717, 1.165) is 33.7 Å². The first-order valence-corrected chi connectivity index (χ1v) is 18.1. The molecule has 0 fully saturated rings. The normalized spacial score (nSPS) is 11.9. The largest absolute Gasteiger partial charge is 0.309 e. The molecule has 4 heteroatoms. The van der Waals surface area contributed by atoms with Crippen molar-refractivity contribution in [2.45, 2.75) is 0 Å². The van der Waals surface area contributed by atoms with Gasteiger partial charge in [-0.05, 0) is 83.4 Å². The minimum Gasteiger partial charge on any atom is -0.309 e. The molecule has 0 spiro atoms. The number of nitrogens with zero attached hydrogens (tertiary/aromatic N) is 3. The molecule has 0 bridgehead atoms. The van der Waals surface area contributed by atoms with Crippen LogP contribution in [0.5, 0.6) is 0 Å². The van der Waals surface area contributed by atoms with E-state index < -0.39 is 0 Å². The Balaban J connectivity index is 1.02. The van der Waals surface area contributed by atoms with Crippen molar-refractivity contribution in [3.63, 3.8) is 0 Å². The maximum atomic E-state index is 5.10. The van der Waals surface area contributed by atoms with Gasteiger partial charge in [-0.1, -0.05) is 103 Å². The predicted molar refractivity (Wildman–Crippen MR) is 217 cm³/mol. The highest BCUT2D eigenvalue weighted by molar-refractivity contribution is 7.26. The SMILES string of the molecule is c1ccc(-n2c3ccccc3c3cc(-c4ccc(-n5c6ccccc6c6cc(-c7cccc8c7sc7ccccc78)ccc65)nc4)ccc32)cc1. The van der Waals surface area contributed by atoms with Crippen LogP contribution in [0.25, 0.3) is 97.5 Å². The van der Waals surface area contributed by atoms with E-state index in [9.17, 15) is 0 Å². The summed E-state index contributed by atoms with van der Waals surface area (Å²) < 4.78 is 7.31. The highest BCUT2D eigenvalue weighted by atomic mass is 32.1. The topological polar surface area (TPSA) is 22.8 Å². The quantitative estimate of drug-likeness (QED) is 0.183. The van der Waals surface area contributed by atoms with Gasteiger partial charge in [-0.2, -0.15) is 0 Å². The molecule has 7 aromatic carbocycles. The molecule has 0 N–H and O–H groups in total. The van der Waals surface area contributed by atoms with E-state index in [1.54, 1.807) is 0 Å². The molecule has 0 radical (unpaired) electrons. The highest BCUT2D eigenvalue weighted by Crippen LogP contribution is 2.42. The van der Waals surface area contributed by atoms with E-state index in [-0.39, 0.29) is 0 Å². The van der Waals surface area contributed by atoms with Gasteiger partial charge in [0.2, 0.25) is 0 Å². The first kappa shape index (κ1) is 28.4. The lowest BCUT2D eigenvalue weighted by atomic mass is 10.0. The Morgan fingerprint density at radius 3 is 1.75 bits per heavy atom. The molecule has 0 aliphatic carbocycles. The van der Waals surface area contributed by atoms with Crippen molar-refractivity contribution in [3.8, 4) is 33.8 Å². The lowest BCUT2D eigenvalue weighted by Crippen LogP contribution is -1.97. The molecular weight excluding hydrogens is 639 g/mol. The minimum atomic E-state index is 0.908. The van der Waals surface area contributed by atoms with Crippen molar-refractivity contribution in [3.05, 3.63) is 176 Å². The Hall–Kier alpha value is -6.49. The molecule has 0 saturated heterocycles. The van der Waals surface area contributed by atoms with Crippen LogP contribution in [0.15, 0.2) is 176 Å². The second-order valence-corrected chi connectivity index (χ2v) is 14.2. The zero-order chi connectivity index (χ0) is 33.5. The van der Waals surface area contributed by atoms with Gasteiger partial charge in [-0.25, -0.2) is 4.98 Å². The number of fused-ring (bicyclic) bond motifs is 9. The maximum absolute atomic E-state index is 5.10.